The summed E-state index contributed by atoms with van der Waals surface area (Å²) in [4.78, 5) is 74.0. The van der Waals surface area contributed by atoms with Crippen LogP contribution >= 0.6 is 11.3 Å². The Morgan fingerprint density at radius 2 is 1.68 bits per heavy atom. The van der Waals surface area contributed by atoms with Crippen LogP contribution in [0.4, 0.5) is 4.79 Å². The number of β-amino-alcohol motifs (C(OH)–C–C–N with tert-alkyl or cyclic N) is 1. The van der Waals surface area contributed by atoms with E-state index in [4.69, 9.17) is 4.74 Å². The molecule has 0 bridgehead atoms. The van der Waals surface area contributed by atoms with Crippen LogP contribution in [0.1, 0.15) is 104 Å². The van der Waals surface area contributed by atoms with Crippen LogP contribution in [0, 0.1) is 18.3 Å². The van der Waals surface area contributed by atoms with E-state index in [1.807, 2.05) is 85.2 Å². The third kappa shape index (κ3) is 11.7. The van der Waals surface area contributed by atoms with Gasteiger partial charge in [-0.2, -0.15) is 0 Å². The average Bonchev–Trinajstić information content (AvgIpc) is 3.84. The van der Waals surface area contributed by atoms with Crippen LogP contribution < -0.4 is 16.0 Å². The molecule has 2 saturated heterocycles. The van der Waals surface area contributed by atoms with Gasteiger partial charge in [-0.3, -0.25) is 19.2 Å². The molecule has 5 atom stereocenters. The zero-order chi connectivity index (χ0) is 39.1. The Kier molecular flexibility index (Phi) is 14.1. The second-order valence-corrected chi connectivity index (χ2v) is 17.3. The van der Waals surface area contributed by atoms with E-state index in [2.05, 4.69) is 20.9 Å². The first-order valence-corrected chi connectivity index (χ1v) is 19.6. The molecule has 1 aromatic heterocycles. The molecule has 3 heterocycles. The van der Waals surface area contributed by atoms with Crippen LogP contribution in [-0.2, 0) is 23.9 Å². The Balaban J connectivity index is 1.22. The summed E-state index contributed by atoms with van der Waals surface area (Å²) in [6, 6.07) is 5.82. The summed E-state index contributed by atoms with van der Waals surface area (Å²) in [6.45, 7) is 16.1. The Morgan fingerprint density at radius 3 is 2.30 bits per heavy atom. The smallest absolute Gasteiger partial charge is 0.410 e. The Morgan fingerprint density at radius 1 is 0.981 bits per heavy atom. The number of carbonyl (C=O) groups excluding carboxylic acids is 5. The number of amides is 5. The van der Waals surface area contributed by atoms with Gasteiger partial charge in [-0.15, -0.1) is 11.3 Å². The first-order chi connectivity index (χ1) is 24.8. The first kappa shape index (κ1) is 41.7. The maximum absolute atomic E-state index is 14.0. The molecule has 0 saturated carbocycles. The van der Waals surface area contributed by atoms with Gasteiger partial charge in [-0.1, -0.05) is 51.5 Å². The normalized spacial score (nSPS) is 20.1. The van der Waals surface area contributed by atoms with Crippen LogP contribution in [0.5, 0.6) is 0 Å². The molecule has 2 fully saturated rings. The fraction of sp³-hybridized carbons (Fsp3) is 0.641. The zero-order valence-corrected chi connectivity index (χ0v) is 33.3. The van der Waals surface area contributed by atoms with Gasteiger partial charge in [0.25, 0.3) is 0 Å². The molecule has 0 radical (unpaired) electrons. The standard InChI is InChI=1S/C39H58N6O7S/c1-24(26-13-15-27(16-14-26)32-25(2)41-23-53-32)42-35(49)30-20-29(46)22-45(30)36(50)33(38(3,4)5)43-31(47)12-10-9-11-18-40-34(48)28-17-19-44(21-28)37(51)52-39(6,7)8/h13-16,23-24,28-30,33,46H,9-12,17-22H2,1-8H3,(H,40,48)(H,42,49)(H,43,47)/t24-,28+,29+,30-,33+/m0/s1. The van der Waals surface area contributed by atoms with Crippen molar-refractivity contribution in [1.82, 2.24) is 30.7 Å². The number of hydrogen-bond donors (Lipinski definition) is 4. The van der Waals surface area contributed by atoms with Crippen molar-refractivity contribution < 1.29 is 33.8 Å². The fourth-order valence-electron chi connectivity index (χ4n) is 6.66. The van der Waals surface area contributed by atoms with E-state index in [0.29, 0.717) is 45.3 Å². The molecule has 2 aromatic rings. The number of aliphatic hydroxyl groups excluding tert-OH is 1. The summed E-state index contributed by atoms with van der Waals surface area (Å²) < 4.78 is 5.41. The molecule has 4 N–H and O–H groups in total. The number of aryl methyl sites for hydroxylation is 1. The third-order valence-corrected chi connectivity index (χ3v) is 10.6. The highest BCUT2D eigenvalue weighted by Crippen LogP contribution is 2.30. The lowest BCUT2D eigenvalue weighted by molar-refractivity contribution is -0.144. The lowest BCUT2D eigenvalue weighted by atomic mass is 9.85. The van der Waals surface area contributed by atoms with Gasteiger partial charge in [-0.05, 0) is 70.4 Å². The molecule has 0 aliphatic carbocycles. The molecule has 2 aliphatic heterocycles. The van der Waals surface area contributed by atoms with Crippen molar-refractivity contribution >= 4 is 41.1 Å². The van der Waals surface area contributed by atoms with Gasteiger partial charge >= 0.3 is 6.09 Å². The van der Waals surface area contributed by atoms with E-state index < -0.39 is 41.2 Å². The highest BCUT2D eigenvalue weighted by molar-refractivity contribution is 7.13. The van der Waals surface area contributed by atoms with E-state index >= 15 is 0 Å². The number of thiazole rings is 1. The molecule has 13 nitrogen and oxygen atoms in total. The lowest BCUT2D eigenvalue weighted by Crippen LogP contribution is -2.57. The number of aliphatic hydroxyl groups is 1. The van der Waals surface area contributed by atoms with E-state index in [0.717, 1.165) is 21.7 Å². The lowest BCUT2D eigenvalue weighted by Gasteiger charge is -2.35. The average molecular weight is 755 g/mol. The minimum absolute atomic E-state index is 0.00224. The van der Waals surface area contributed by atoms with Crippen LogP contribution in [0.2, 0.25) is 0 Å². The predicted octanol–water partition coefficient (Wildman–Crippen LogP) is 4.72. The van der Waals surface area contributed by atoms with Gasteiger partial charge in [-0.25, -0.2) is 9.78 Å². The second-order valence-electron chi connectivity index (χ2n) is 16.4. The van der Waals surface area contributed by atoms with Crippen molar-refractivity contribution in [2.75, 3.05) is 26.2 Å². The van der Waals surface area contributed by atoms with Crippen molar-refractivity contribution in [1.29, 1.82) is 0 Å². The molecule has 0 spiro atoms. The Hall–Kier alpha value is -4.04. The minimum Gasteiger partial charge on any atom is -0.444 e. The van der Waals surface area contributed by atoms with E-state index in [1.54, 1.807) is 16.2 Å². The van der Waals surface area contributed by atoms with Crippen LogP contribution in [-0.4, -0.2) is 99.6 Å². The van der Waals surface area contributed by atoms with Gasteiger partial charge in [0.05, 0.1) is 34.1 Å². The maximum Gasteiger partial charge on any atom is 0.410 e. The summed E-state index contributed by atoms with van der Waals surface area (Å²) >= 11 is 1.58. The van der Waals surface area contributed by atoms with E-state index in [9.17, 15) is 29.1 Å². The zero-order valence-electron chi connectivity index (χ0n) is 32.5. The minimum atomic E-state index is -0.901. The van der Waals surface area contributed by atoms with Crippen molar-refractivity contribution in [3.63, 3.8) is 0 Å². The van der Waals surface area contributed by atoms with Gasteiger partial charge in [0, 0.05) is 39.0 Å². The number of unbranched alkanes of at least 4 members (excludes halogenated alkanes) is 2. The fourth-order valence-corrected chi connectivity index (χ4v) is 7.47. The number of rotatable bonds is 13. The van der Waals surface area contributed by atoms with Crippen LogP contribution in [0.3, 0.4) is 0 Å². The number of ether oxygens (including phenoxy) is 1. The maximum atomic E-state index is 14.0. The van der Waals surface area contributed by atoms with E-state index in [1.165, 1.54) is 4.90 Å². The molecule has 2 aliphatic rings. The molecule has 292 valence electrons. The Labute approximate surface area is 317 Å². The third-order valence-electron chi connectivity index (χ3n) is 9.65. The number of nitrogens with one attached hydrogen (secondary N) is 3. The quantitative estimate of drug-likeness (QED) is 0.213. The number of nitrogens with zero attached hydrogens (tertiary/aromatic N) is 3. The highest BCUT2D eigenvalue weighted by atomic mass is 32.1. The topological polar surface area (TPSA) is 170 Å². The number of benzene rings is 1. The molecule has 5 amide bonds. The summed E-state index contributed by atoms with van der Waals surface area (Å²) in [5.74, 6) is -1.40. The Bertz CT molecular complexity index is 1600. The molecule has 4 rings (SSSR count). The molecule has 14 heteroatoms. The number of likely N-dealkylation sites (tertiary alicyclic amines) is 2. The van der Waals surface area contributed by atoms with Crippen molar-refractivity contribution in [3.05, 3.63) is 41.0 Å². The number of hydrogen-bond acceptors (Lipinski definition) is 9. The summed E-state index contributed by atoms with van der Waals surface area (Å²) in [6.07, 6.45) is 1.58. The van der Waals surface area contributed by atoms with Gasteiger partial charge < -0.3 is 35.6 Å². The van der Waals surface area contributed by atoms with Gasteiger partial charge in [0.15, 0.2) is 0 Å². The molecule has 0 unspecified atom stereocenters. The predicted molar refractivity (Wildman–Crippen MR) is 204 cm³/mol. The van der Waals surface area contributed by atoms with E-state index in [-0.39, 0.29) is 49.1 Å². The van der Waals surface area contributed by atoms with Crippen LogP contribution in [0.15, 0.2) is 29.8 Å². The SMILES string of the molecule is Cc1ncsc1-c1ccc([C@H](C)NC(=O)[C@@H]2C[C@@H](O)CN2C(=O)[C@@H](NC(=O)CCCCCNC(=O)[C@@H]2CCN(C(=O)OC(C)(C)C)C2)C(C)(C)C)cc1. The second kappa shape index (κ2) is 17.9. The van der Waals surface area contributed by atoms with Gasteiger partial charge in [0.2, 0.25) is 23.6 Å². The van der Waals surface area contributed by atoms with Crippen molar-refractivity contribution in [2.45, 2.75) is 124 Å². The van der Waals surface area contributed by atoms with Crippen molar-refractivity contribution in [2.24, 2.45) is 11.3 Å². The summed E-state index contributed by atoms with van der Waals surface area (Å²) in [5, 5.41) is 19.4. The largest absolute Gasteiger partial charge is 0.444 e. The molecule has 53 heavy (non-hydrogen) atoms. The molecular weight excluding hydrogens is 697 g/mol. The van der Waals surface area contributed by atoms with Crippen molar-refractivity contribution in [3.8, 4) is 10.4 Å². The first-order valence-electron chi connectivity index (χ1n) is 18.7. The van der Waals surface area contributed by atoms with Crippen LogP contribution in [0.25, 0.3) is 10.4 Å². The number of carbonyl (C=O) groups is 5. The number of aromatic nitrogens is 1. The highest BCUT2D eigenvalue weighted by Gasteiger charge is 2.44. The van der Waals surface area contributed by atoms with Gasteiger partial charge in [0.1, 0.15) is 17.7 Å². The monoisotopic (exact) mass is 754 g/mol. The molecular formula is C39H58N6O7S. The molecule has 1 aromatic carbocycles. The summed E-state index contributed by atoms with van der Waals surface area (Å²) in [7, 11) is 0. The summed E-state index contributed by atoms with van der Waals surface area (Å²) in [5.41, 5.74) is 3.49.